The van der Waals surface area contributed by atoms with Gasteiger partial charge in [-0.1, -0.05) is 12.5 Å². The molecule has 1 unspecified atom stereocenters. The van der Waals surface area contributed by atoms with Crippen molar-refractivity contribution in [3.05, 3.63) is 29.6 Å². The Balaban J connectivity index is 1.28. The predicted octanol–water partition coefficient (Wildman–Crippen LogP) is 2.69. The zero-order chi connectivity index (χ0) is 15.0. The highest BCUT2D eigenvalue weighted by atomic mass is 16.5. The number of pyridine rings is 1. The van der Waals surface area contributed by atoms with Crippen molar-refractivity contribution in [1.82, 2.24) is 9.88 Å². The van der Waals surface area contributed by atoms with Crippen molar-refractivity contribution in [3.63, 3.8) is 0 Å². The summed E-state index contributed by atoms with van der Waals surface area (Å²) in [5.41, 5.74) is 2.17. The fourth-order valence-electron chi connectivity index (χ4n) is 3.93. The first-order chi connectivity index (χ1) is 10.7. The van der Waals surface area contributed by atoms with Crippen LogP contribution in [0, 0.1) is 6.92 Å². The maximum atomic E-state index is 6.13. The summed E-state index contributed by atoms with van der Waals surface area (Å²) in [6.07, 6.45) is 6.55. The first-order valence-electron chi connectivity index (χ1n) is 8.65. The second kappa shape index (κ2) is 5.91. The SMILES string of the molecule is Cc1cccc(COC2CCOC3(C2)CN(C2CCC2)C3)n1. The van der Waals surface area contributed by atoms with Crippen molar-refractivity contribution in [3.8, 4) is 0 Å². The van der Waals surface area contributed by atoms with Crippen molar-refractivity contribution in [2.24, 2.45) is 0 Å². The Morgan fingerprint density at radius 3 is 2.91 bits per heavy atom. The number of likely N-dealkylation sites (tertiary alicyclic amines) is 1. The number of rotatable bonds is 4. The maximum absolute atomic E-state index is 6.13. The van der Waals surface area contributed by atoms with Gasteiger partial charge in [-0.05, 0) is 38.3 Å². The topological polar surface area (TPSA) is 34.6 Å². The van der Waals surface area contributed by atoms with E-state index in [9.17, 15) is 0 Å². The van der Waals surface area contributed by atoms with Gasteiger partial charge in [-0.2, -0.15) is 0 Å². The molecule has 3 fully saturated rings. The van der Waals surface area contributed by atoms with Crippen LogP contribution in [0.4, 0.5) is 0 Å². The molecule has 1 aromatic rings. The Morgan fingerprint density at radius 1 is 1.32 bits per heavy atom. The summed E-state index contributed by atoms with van der Waals surface area (Å²) in [6.45, 7) is 5.70. The molecule has 1 spiro atoms. The standard InChI is InChI=1S/C18H26N2O2/c1-14-4-2-5-15(19-14)11-21-17-8-9-22-18(10-17)12-20(13-18)16-6-3-7-16/h2,4-5,16-17H,3,6-13H2,1H3. The highest BCUT2D eigenvalue weighted by molar-refractivity contribution is 5.09. The van der Waals surface area contributed by atoms with Gasteiger partial charge in [0.2, 0.25) is 0 Å². The number of hydrogen-bond acceptors (Lipinski definition) is 4. The third kappa shape index (κ3) is 2.92. The Morgan fingerprint density at radius 2 is 2.18 bits per heavy atom. The summed E-state index contributed by atoms with van der Waals surface area (Å²) in [5.74, 6) is 0. The molecule has 0 amide bonds. The second-order valence-electron chi connectivity index (χ2n) is 7.22. The molecule has 0 radical (unpaired) electrons. The molecule has 0 aromatic carbocycles. The largest absolute Gasteiger partial charge is 0.372 e. The predicted molar refractivity (Wildman–Crippen MR) is 84.7 cm³/mol. The molecule has 4 heteroatoms. The Bertz CT molecular complexity index is 524. The molecule has 0 N–H and O–H groups in total. The average molecular weight is 302 g/mol. The molecule has 2 saturated heterocycles. The number of nitrogens with zero attached hydrogens (tertiary/aromatic N) is 2. The quantitative estimate of drug-likeness (QED) is 0.856. The van der Waals surface area contributed by atoms with Crippen LogP contribution in [0.15, 0.2) is 18.2 Å². The Hall–Kier alpha value is -0.970. The summed E-state index contributed by atoms with van der Waals surface area (Å²) in [7, 11) is 0. The fraction of sp³-hybridized carbons (Fsp3) is 0.722. The molecule has 4 nitrogen and oxygen atoms in total. The van der Waals surface area contributed by atoms with Crippen LogP contribution in [0.1, 0.15) is 43.5 Å². The summed E-state index contributed by atoms with van der Waals surface area (Å²) < 4.78 is 12.2. The first kappa shape index (κ1) is 14.6. The van der Waals surface area contributed by atoms with E-state index in [0.29, 0.717) is 12.7 Å². The molecule has 1 aliphatic carbocycles. The molecule has 3 aliphatic rings. The van der Waals surface area contributed by atoms with Crippen LogP contribution in [0.2, 0.25) is 0 Å². The van der Waals surface area contributed by atoms with Gasteiger partial charge in [-0.25, -0.2) is 0 Å². The summed E-state index contributed by atoms with van der Waals surface area (Å²) in [5, 5.41) is 0. The van der Waals surface area contributed by atoms with Gasteiger partial charge < -0.3 is 9.47 Å². The van der Waals surface area contributed by atoms with Crippen LogP contribution < -0.4 is 0 Å². The zero-order valence-electron chi connectivity index (χ0n) is 13.5. The number of aryl methyl sites for hydroxylation is 1. The van der Waals surface area contributed by atoms with Crippen molar-refractivity contribution in [1.29, 1.82) is 0 Å². The van der Waals surface area contributed by atoms with Crippen LogP contribution in [0.25, 0.3) is 0 Å². The van der Waals surface area contributed by atoms with Gasteiger partial charge >= 0.3 is 0 Å². The molecule has 1 atom stereocenters. The van der Waals surface area contributed by atoms with Crippen molar-refractivity contribution in [2.75, 3.05) is 19.7 Å². The van der Waals surface area contributed by atoms with Crippen LogP contribution in [0.5, 0.6) is 0 Å². The maximum Gasteiger partial charge on any atom is 0.0959 e. The lowest BCUT2D eigenvalue weighted by Crippen LogP contribution is -2.69. The van der Waals surface area contributed by atoms with Crippen molar-refractivity contribution < 1.29 is 9.47 Å². The number of hydrogen-bond donors (Lipinski definition) is 0. The van der Waals surface area contributed by atoms with Crippen molar-refractivity contribution >= 4 is 0 Å². The van der Waals surface area contributed by atoms with Crippen LogP contribution in [-0.2, 0) is 16.1 Å². The number of aromatic nitrogens is 1. The lowest BCUT2D eigenvalue weighted by molar-refractivity contribution is -0.211. The van der Waals surface area contributed by atoms with E-state index in [1.807, 2.05) is 19.1 Å². The van der Waals surface area contributed by atoms with Gasteiger partial charge in [0.1, 0.15) is 0 Å². The lowest BCUT2D eigenvalue weighted by Gasteiger charge is -2.57. The smallest absolute Gasteiger partial charge is 0.0959 e. The molecule has 1 aromatic heterocycles. The molecule has 4 rings (SSSR count). The lowest BCUT2D eigenvalue weighted by atomic mass is 9.80. The molecular weight excluding hydrogens is 276 g/mol. The minimum absolute atomic E-state index is 0.0819. The van der Waals surface area contributed by atoms with E-state index in [1.165, 1.54) is 19.3 Å². The molecule has 22 heavy (non-hydrogen) atoms. The van der Waals surface area contributed by atoms with Gasteiger partial charge in [0, 0.05) is 37.9 Å². The molecule has 3 heterocycles. The van der Waals surface area contributed by atoms with E-state index in [-0.39, 0.29) is 5.60 Å². The molecule has 2 aliphatic heterocycles. The number of ether oxygens (including phenoxy) is 2. The van der Waals surface area contributed by atoms with Crippen LogP contribution in [0.3, 0.4) is 0 Å². The first-order valence-corrected chi connectivity index (χ1v) is 8.65. The van der Waals surface area contributed by atoms with E-state index >= 15 is 0 Å². The third-order valence-electron chi connectivity index (χ3n) is 5.43. The highest BCUT2D eigenvalue weighted by Gasteiger charge is 2.50. The van der Waals surface area contributed by atoms with Gasteiger partial charge in [0.25, 0.3) is 0 Å². The van der Waals surface area contributed by atoms with E-state index in [0.717, 1.165) is 50.0 Å². The summed E-state index contributed by atoms with van der Waals surface area (Å²) in [6, 6.07) is 6.96. The van der Waals surface area contributed by atoms with E-state index in [4.69, 9.17) is 9.47 Å². The van der Waals surface area contributed by atoms with Gasteiger partial charge in [-0.15, -0.1) is 0 Å². The minimum Gasteiger partial charge on any atom is -0.372 e. The minimum atomic E-state index is 0.0819. The van der Waals surface area contributed by atoms with Crippen LogP contribution in [-0.4, -0.2) is 47.3 Å². The van der Waals surface area contributed by atoms with E-state index in [2.05, 4.69) is 16.0 Å². The van der Waals surface area contributed by atoms with E-state index < -0.39 is 0 Å². The molecule has 0 bridgehead atoms. The third-order valence-corrected chi connectivity index (χ3v) is 5.43. The molecular formula is C18H26N2O2. The van der Waals surface area contributed by atoms with Crippen molar-refractivity contribution in [2.45, 2.75) is 63.4 Å². The monoisotopic (exact) mass is 302 g/mol. The highest BCUT2D eigenvalue weighted by Crippen LogP contribution is 2.40. The van der Waals surface area contributed by atoms with E-state index in [1.54, 1.807) is 0 Å². The summed E-state index contributed by atoms with van der Waals surface area (Å²) in [4.78, 5) is 7.12. The van der Waals surface area contributed by atoms with Gasteiger partial charge in [0.15, 0.2) is 0 Å². The van der Waals surface area contributed by atoms with Gasteiger partial charge in [0.05, 0.1) is 24.0 Å². The average Bonchev–Trinajstić information content (AvgIpc) is 2.42. The Labute approximate surface area is 132 Å². The fourth-order valence-corrected chi connectivity index (χ4v) is 3.93. The summed E-state index contributed by atoms with van der Waals surface area (Å²) >= 11 is 0. The van der Waals surface area contributed by atoms with Gasteiger partial charge in [-0.3, -0.25) is 9.88 Å². The second-order valence-corrected chi connectivity index (χ2v) is 7.22. The van der Waals surface area contributed by atoms with Crippen LogP contribution >= 0.6 is 0 Å². The molecule has 1 saturated carbocycles. The normalized spacial score (nSPS) is 28.3. The Kier molecular flexibility index (Phi) is 3.93. The molecule has 120 valence electrons. The zero-order valence-corrected chi connectivity index (χ0v) is 13.5.